The number of aromatic nitrogens is 1. The molecular formula is C14H25N3OS. The lowest BCUT2D eigenvalue weighted by Crippen LogP contribution is -2.45. The van der Waals surface area contributed by atoms with E-state index in [0.717, 1.165) is 28.8 Å². The van der Waals surface area contributed by atoms with E-state index in [9.17, 15) is 5.11 Å². The van der Waals surface area contributed by atoms with Gasteiger partial charge in [0.05, 0.1) is 17.2 Å². The quantitative estimate of drug-likeness (QED) is 0.920. The van der Waals surface area contributed by atoms with Crippen LogP contribution in [0.2, 0.25) is 0 Å². The molecule has 0 bridgehead atoms. The van der Waals surface area contributed by atoms with Gasteiger partial charge in [-0.25, -0.2) is 4.98 Å². The standard InChI is InChI=1S/C14H25N3OS/c1-10(2)13-12(9-18)19-14(15-13)17-7-5-6-11(8-17)16(3)4/h10-11,18H,5-9H2,1-4H3. The molecule has 19 heavy (non-hydrogen) atoms. The first-order chi connectivity index (χ1) is 9.02. The molecule has 1 atom stereocenters. The number of hydrogen-bond acceptors (Lipinski definition) is 5. The number of hydrogen-bond donors (Lipinski definition) is 1. The highest BCUT2D eigenvalue weighted by Gasteiger charge is 2.25. The van der Waals surface area contributed by atoms with Crippen LogP contribution in [0.15, 0.2) is 0 Å². The molecule has 0 aliphatic carbocycles. The van der Waals surface area contributed by atoms with Gasteiger partial charge in [0.2, 0.25) is 0 Å². The first-order valence-electron chi connectivity index (χ1n) is 7.04. The maximum absolute atomic E-state index is 9.46. The van der Waals surface area contributed by atoms with Gasteiger partial charge >= 0.3 is 0 Å². The van der Waals surface area contributed by atoms with E-state index in [0.29, 0.717) is 12.0 Å². The zero-order valence-corrected chi connectivity index (χ0v) is 13.2. The van der Waals surface area contributed by atoms with E-state index >= 15 is 0 Å². The summed E-state index contributed by atoms with van der Waals surface area (Å²) in [5.41, 5.74) is 1.06. The topological polar surface area (TPSA) is 39.6 Å². The highest BCUT2D eigenvalue weighted by Crippen LogP contribution is 2.32. The van der Waals surface area contributed by atoms with E-state index in [-0.39, 0.29) is 6.61 Å². The Morgan fingerprint density at radius 1 is 1.47 bits per heavy atom. The van der Waals surface area contributed by atoms with Crippen LogP contribution in [0.4, 0.5) is 5.13 Å². The van der Waals surface area contributed by atoms with Crippen molar-refractivity contribution in [3.05, 3.63) is 10.6 Å². The van der Waals surface area contributed by atoms with Gasteiger partial charge in [0.25, 0.3) is 0 Å². The summed E-state index contributed by atoms with van der Waals surface area (Å²) in [5.74, 6) is 0.376. The summed E-state index contributed by atoms with van der Waals surface area (Å²) in [6, 6.07) is 0.609. The van der Waals surface area contributed by atoms with Crippen LogP contribution in [0.1, 0.15) is 43.2 Å². The molecule has 1 aromatic heterocycles. The number of thiazole rings is 1. The molecule has 5 heteroatoms. The third-order valence-corrected chi connectivity index (χ3v) is 4.92. The first kappa shape index (κ1) is 14.8. The van der Waals surface area contributed by atoms with Crippen molar-refractivity contribution in [2.45, 2.75) is 45.3 Å². The number of anilines is 1. The van der Waals surface area contributed by atoms with Gasteiger partial charge in [0.1, 0.15) is 0 Å². The molecule has 1 N–H and O–H groups in total. The minimum Gasteiger partial charge on any atom is -0.391 e. The number of likely N-dealkylation sites (N-methyl/N-ethyl adjacent to an activating group) is 1. The average molecular weight is 283 g/mol. The van der Waals surface area contributed by atoms with Crippen LogP contribution in [-0.2, 0) is 6.61 Å². The van der Waals surface area contributed by atoms with Crippen molar-refractivity contribution in [2.24, 2.45) is 0 Å². The second kappa shape index (κ2) is 6.20. The molecule has 4 nitrogen and oxygen atoms in total. The van der Waals surface area contributed by atoms with Crippen LogP contribution in [0.5, 0.6) is 0 Å². The fourth-order valence-electron chi connectivity index (χ4n) is 2.60. The largest absolute Gasteiger partial charge is 0.391 e. The Hall–Kier alpha value is -0.650. The minimum absolute atomic E-state index is 0.107. The van der Waals surface area contributed by atoms with E-state index < -0.39 is 0 Å². The molecule has 1 unspecified atom stereocenters. The fourth-order valence-corrected chi connectivity index (χ4v) is 3.71. The molecule has 2 rings (SSSR count). The molecule has 0 saturated carbocycles. The molecule has 108 valence electrons. The summed E-state index contributed by atoms with van der Waals surface area (Å²) < 4.78 is 0. The molecule has 1 aliphatic rings. The first-order valence-corrected chi connectivity index (χ1v) is 7.86. The second-order valence-corrected chi connectivity index (χ2v) is 6.89. The van der Waals surface area contributed by atoms with Gasteiger partial charge in [-0.3, -0.25) is 0 Å². The van der Waals surface area contributed by atoms with Crippen molar-refractivity contribution >= 4 is 16.5 Å². The molecular weight excluding hydrogens is 258 g/mol. The number of rotatable bonds is 4. The van der Waals surface area contributed by atoms with Crippen molar-refractivity contribution in [3.63, 3.8) is 0 Å². The van der Waals surface area contributed by atoms with Crippen LogP contribution < -0.4 is 4.90 Å². The van der Waals surface area contributed by atoms with Gasteiger partial charge in [0, 0.05) is 19.1 Å². The number of aliphatic hydroxyl groups excluding tert-OH is 1. The molecule has 1 aromatic rings. The van der Waals surface area contributed by atoms with Gasteiger partial charge in [0.15, 0.2) is 5.13 Å². The van der Waals surface area contributed by atoms with Crippen molar-refractivity contribution in [3.8, 4) is 0 Å². The smallest absolute Gasteiger partial charge is 0.185 e. The van der Waals surface area contributed by atoms with Crippen LogP contribution in [0, 0.1) is 0 Å². The normalized spacial score (nSPS) is 20.6. The number of aliphatic hydroxyl groups is 1. The van der Waals surface area contributed by atoms with Crippen LogP contribution in [0.25, 0.3) is 0 Å². The molecule has 0 radical (unpaired) electrons. The maximum atomic E-state index is 9.46. The Labute approximate surface area is 120 Å². The zero-order valence-electron chi connectivity index (χ0n) is 12.4. The van der Waals surface area contributed by atoms with Crippen molar-refractivity contribution in [1.29, 1.82) is 0 Å². The van der Waals surface area contributed by atoms with Crippen molar-refractivity contribution in [1.82, 2.24) is 9.88 Å². The Kier molecular flexibility index (Phi) is 4.81. The summed E-state index contributed by atoms with van der Waals surface area (Å²) in [6.07, 6.45) is 2.48. The van der Waals surface area contributed by atoms with E-state index in [1.807, 2.05) is 0 Å². The third kappa shape index (κ3) is 3.27. The third-order valence-electron chi connectivity index (χ3n) is 3.80. The fraction of sp³-hybridized carbons (Fsp3) is 0.786. The summed E-state index contributed by atoms with van der Waals surface area (Å²) >= 11 is 1.65. The minimum atomic E-state index is 0.107. The maximum Gasteiger partial charge on any atom is 0.185 e. The van der Waals surface area contributed by atoms with Crippen LogP contribution in [-0.4, -0.2) is 48.2 Å². The van der Waals surface area contributed by atoms with Crippen molar-refractivity contribution < 1.29 is 5.11 Å². The van der Waals surface area contributed by atoms with E-state index in [1.54, 1.807) is 11.3 Å². The lowest BCUT2D eigenvalue weighted by Gasteiger charge is -2.36. The van der Waals surface area contributed by atoms with Gasteiger partial charge in [-0.15, -0.1) is 0 Å². The van der Waals surface area contributed by atoms with Gasteiger partial charge < -0.3 is 14.9 Å². The summed E-state index contributed by atoms with van der Waals surface area (Å²) in [7, 11) is 4.30. The van der Waals surface area contributed by atoms with Gasteiger partial charge in [-0.05, 0) is 32.9 Å². The summed E-state index contributed by atoms with van der Waals surface area (Å²) in [5, 5.41) is 10.5. The molecule has 1 fully saturated rings. The Bertz CT molecular complexity index is 417. The highest BCUT2D eigenvalue weighted by molar-refractivity contribution is 7.15. The van der Waals surface area contributed by atoms with Crippen LogP contribution >= 0.6 is 11.3 Å². The average Bonchev–Trinajstić information content (AvgIpc) is 2.83. The predicted molar refractivity (Wildman–Crippen MR) is 81.0 cm³/mol. The Morgan fingerprint density at radius 2 is 2.21 bits per heavy atom. The lowest BCUT2D eigenvalue weighted by molar-refractivity contribution is 0.258. The zero-order chi connectivity index (χ0) is 14.0. The summed E-state index contributed by atoms with van der Waals surface area (Å²) in [4.78, 5) is 10.5. The summed E-state index contributed by atoms with van der Waals surface area (Å²) in [6.45, 7) is 6.51. The highest BCUT2D eigenvalue weighted by atomic mass is 32.1. The molecule has 0 aromatic carbocycles. The van der Waals surface area contributed by atoms with Crippen molar-refractivity contribution in [2.75, 3.05) is 32.1 Å². The van der Waals surface area contributed by atoms with E-state index in [1.165, 1.54) is 12.8 Å². The Balaban J connectivity index is 2.17. The molecule has 1 saturated heterocycles. The Morgan fingerprint density at radius 3 is 2.74 bits per heavy atom. The van der Waals surface area contributed by atoms with Crippen LogP contribution in [0.3, 0.4) is 0 Å². The monoisotopic (exact) mass is 283 g/mol. The SMILES string of the molecule is CC(C)c1nc(N2CCCC(N(C)C)C2)sc1CO. The van der Waals surface area contributed by atoms with E-state index in [2.05, 4.69) is 37.7 Å². The molecule has 1 aliphatic heterocycles. The molecule has 0 spiro atoms. The van der Waals surface area contributed by atoms with Gasteiger partial charge in [-0.2, -0.15) is 0 Å². The predicted octanol–water partition coefficient (Wildman–Crippen LogP) is 2.29. The lowest BCUT2D eigenvalue weighted by atomic mass is 10.1. The molecule has 2 heterocycles. The van der Waals surface area contributed by atoms with Gasteiger partial charge in [-0.1, -0.05) is 25.2 Å². The number of nitrogens with zero attached hydrogens (tertiary/aromatic N) is 3. The molecule has 0 amide bonds. The second-order valence-electron chi connectivity index (χ2n) is 5.82. The van der Waals surface area contributed by atoms with E-state index in [4.69, 9.17) is 4.98 Å². The number of piperidine rings is 1.